The molecule has 0 aliphatic carbocycles. The first-order chi connectivity index (χ1) is 10.3. The molecule has 2 rings (SSSR count). The molecular weight excluding hydrogens is 299 g/mol. The molecule has 22 heavy (non-hydrogen) atoms. The van der Waals surface area contributed by atoms with Crippen LogP contribution >= 0.6 is 7.60 Å². The average molecular weight is 318 g/mol. The van der Waals surface area contributed by atoms with Gasteiger partial charge in [-0.2, -0.15) is 0 Å². The van der Waals surface area contributed by atoms with E-state index in [0.717, 1.165) is 11.1 Å². The quantitative estimate of drug-likeness (QED) is 0.648. The Balaban J connectivity index is 2.18. The van der Waals surface area contributed by atoms with Crippen LogP contribution in [0.1, 0.15) is 29.8 Å². The first-order valence-corrected chi connectivity index (χ1v) is 8.84. The SMILES string of the molecule is CC(C)C(=O)c1ccc(-c2ccc(CP(=O)(O)O)cc2)cc1. The molecule has 0 fully saturated rings. The van der Waals surface area contributed by atoms with Crippen molar-refractivity contribution in [2.45, 2.75) is 20.0 Å². The second kappa shape index (κ2) is 6.57. The topological polar surface area (TPSA) is 74.6 Å². The number of hydrogen-bond donors (Lipinski definition) is 2. The summed E-state index contributed by atoms with van der Waals surface area (Å²) in [5.74, 6) is 0.0846. The second-order valence-electron chi connectivity index (χ2n) is 5.62. The van der Waals surface area contributed by atoms with E-state index in [1.165, 1.54) is 0 Å². The van der Waals surface area contributed by atoms with Gasteiger partial charge in [0, 0.05) is 11.5 Å². The minimum atomic E-state index is -4.04. The summed E-state index contributed by atoms with van der Waals surface area (Å²) in [4.78, 5) is 29.8. The Labute approximate surface area is 130 Å². The molecular formula is C17H19O4P. The van der Waals surface area contributed by atoms with E-state index in [0.29, 0.717) is 11.1 Å². The van der Waals surface area contributed by atoms with Gasteiger partial charge in [-0.1, -0.05) is 62.4 Å². The lowest BCUT2D eigenvalue weighted by Crippen LogP contribution is -2.06. The number of carbonyl (C=O) groups is 1. The average Bonchev–Trinajstić information content (AvgIpc) is 2.46. The van der Waals surface area contributed by atoms with Gasteiger partial charge < -0.3 is 9.79 Å². The molecule has 5 heteroatoms. The second-order valence-corrected chi connectivity index (χ2v) is 7.26. The van der Waals surface area contributed by atoms with Crippen LogP contribution in [0.25, 0.3) is 11.1 Å². The van der Waals surface area contributed by atoms with Gasteiger partial charge in [-0.05, 0) is 16.7 Å². The molecule has 2 aromatic carbocycles. The Morgan fingerprint density at radius 3 is 1.82 bits per heavy atom. The summed E-state index contributed by atoms with van der Waals surface area (Å²) in [5, 5.41) is 0. The zero-order valence-corrected chi connectivity index (χ0v) is 13.5. The zero-order chi connectivity index (χ0) is 16.3. The van der Waals surface area contributed by atoms with Gasteiger partial charge in [-0.25, -0.2) is 0 Å². The molecule has 0 aromatic heterocycles. The van der Waals surface area contributed by atoms with E-state index in [4.69, 9.17) is 9.79 Å². The molecule has 0 aliphatic heterocycles. The highest BCUT2D eigenvalue weighted by Crippen LogP contribution is 2.39. The Morgan fingerprint density at radius 1 is 0.955 bits per heavy atom. The van der Waals surface area contributed by atoms with E-state index in [-0.39, 0.29) is 17.9 Å². The van der Waals surface area contributed by atoms with Crippen molar-refractivity contribution in [1.82, 2.24) is 0 Å². The van der Waals surface area contributed by atoms with Crippen molar-refractivity contribution in [3.63, 3.8) is 0 Å². The first kappa shape index (κ1) is 16.6. The summed E-state index contributed by atoms with van der Waals surface area (Å²) in [6, 6.07) is 14.4. The highest BCUT2D eigenvalue weighted by molar-refractivity contribution is 7.50. The number of ketones is 1. The Morgan fingerprint density at radius 2 is 1.41 bits per heavy atom. The summed E-state index contributed by atoms with van der Waals surface area (Å²) in [5.41, 5.74) is 3.20. The predicted molar refractivity (Wildman–Crippen MR) is 86.8 cm³/mol. The lowest BCUT2D eigenvalue weighted by Gasteiger charge is -2.08. The van der Waals surface area contributed by atoms with Crippen LogP contribution < -0.4 is 0 Å². The van der Waals surface area contributed by atoms with Gasteiger partial charge in [0.05, 0.1) is 6.16 Å². The fourth-order valence-electron chi connectivity index (χ4n) is 2.20. The molecule has 0 aliphatic rings. The number of Topliss-reactive ketones (excluding diaryl/α,β-unsaturated/α-hetero) is 1. The third kappa shape index (κ3) is 4.38. The number of carbonyl (C=O) groups excluding carboxylic acids is 1. The summed E-state index contributed by atoms with van der Waals surface area (Å²) in [7, 11) is -4.04. The van der Waals surface area contributed by atoms with Crippen LogP contribution in [0.15, 0.2) is 48.5 Å². The maximum absolute atomic E-state index is 11.9. The van der Waals surface area contributed by atoms with Gasteiger partial charge in [0.25, 0.3) is 0 Å². The third-order valence-corrected chi connectivity index (χ3v) is 4.15. The summed E-state index contributed by atoms with van der Waals surface area (Å²) in [6.07, 6.45) is -0.255. The van der Waals surface area contributed by atoms with Crippen LogP contribution in [0.4, 0.5) is 0 Å². The van der Waals surface area contributed by atoms with E-state index >= 15 is 0 Å². The fourth-order valence-corrected chi connectivity index (χ4v) is 2.89. The fraction of sp³-hybridized carbons (Fsp3) is 0.235. The monoisotopic (exact) mass is 318 g/mol. The molecule has 2 aromatic rings. The van der Waals surface area contributed by atoms with Crippen molar-refractivity contribution in [3.8, 4) is 11.1 Å². The molecule has 0 radical (unpaired) electrons. The minimum Gasteiger partial charge on any atom is -0.324 e. The molecule has 0 heterocycles. The van der Waals surface area contributed by atoms with Gasteiger partial charge in [0.1, 0.15) is 0 Å². The molecule has 0 atom stereocenters. The normalized spacial score (nSPS) is 11.7. The van der Waals surface area contributed by atoms with Crippen LogP contribution in [0.3, 0.4) is 0 Å². The zero-order valence-electron chi connectivity index (χ0n) is 12.6. The molecule has 0 spiro atoms. The standard InChI is InChI=1S/C17H19O4P/c1-12(2)17(18)16-9-7-15(8-10-16)14-5-3-13(4-6-14)11-22(19,20)21/h3-10,12H,11H2,1-2H3,(H2,19,20,21). The van der Waals surface area contributed by atoms with Crippen molar-refractivity contribution in [2.75, 3.05) is 0 Å². The van der Waals surface area contributed by atoms with Crippen molar-refractivity contribution in [3.05, 3.63) is 59.7 Å². The highest BCUT2D eigenvalue weighted by Gasteiger charge is 2.14. The minimum absolute atomic E-state index is 0.0298. The van der Waals surface area contributed by atoms with Crippen LogP contribution in [0.5, 0.6) is 0 Å². The third-order valence-electron chi connectivity index (χ3n) is 3.37. The molecule has 0 amide bonds. The predicted octanol–water partition coefficient (Wildman–Crippen LogP) is 3.87. The van der Waals surface area contributed by atoms with Crippen LogP contribution in [-0.4, -0.2) is 15.6 Å². The molecule has 4 nitrogen and oxygen atoms in total. The Hall–Kier alpha value is -1.74. The van der Waals surface area contributed by atoms with Crippen LogP contribution in [-0.2, 0) is 10.7 Å². The van der Waals surface area contributed by atoms with Crippen molar-refractivity contribution in [2.24, 2.45) is 5.92 Å². The maximum atomic E-state index is 11.9. The van der Waals surface area contributed by atoms with E-state index in [9.17, 15) is 9.36 Å². The molecule has 0 bridgehead atoms. The molecule has 2 N–H and O–H groups in total. The van der Waals surface area contributed by atoms with Gasteiger partial charge in [0.2, 0.25) is 0 Å². The van der Waals surface area contributed by atoms with Gasteiger partial charge in [0.15, 0.2) is 5.78 Å². The maximum Gasteiger partial charge on any atom is 0.329 e. The first-order valence-electron chi connectivity index (χ1n) is 7.04. The van der Waals surface area contributed by atoms with Gasteiger partial charge in [-0.3, -0.25) is 9.36 Å². The lowest BCUT2D eigenvalue weighted by atomic mass is 9.98. The number of hydrogen-bond acceptors (Lipinski definition) is 2. The van der Waals surface area contributed by atoms with Crippen molar-refractivity contribution in [1.29, 1.82) is 0 Å². The number of rotatable bonds is 5. The van der Waals surface area contributed by atoms with Gasteiger partial charge >= 0.3 is 7.60 Å². The highest BCUT2D eigenvalue weighted by atomic mass is 31.2. The van der Waals surface area contributed by atoms with E-state index in [2.05, 4.69) is 0 Å². The Kier molecular flexibility index (Phi) is 4.97. The number of benzene rings is 2. The molecule has 0 saturated heterocycles. The molecule has 0 unspecified atom stereocenters. The van der Waals surface area contributed by atoms with Gasteiger partial charge in [-0.15, -0.1) is 0 Å². The van der Waals surface area contributed by atoms with Crippen molar-refractivity contribution >= 4 is 13.4 Å². The molecule has 116 valence electrons. The smallest absolute Gasteiger partial charge is 0.324 e. The summed E-state index contributed by atoms with van der Waals surface area (Å²) in [6.45, 7) is 3.74. The van der Waals surface area contributed by atoms with E-state index < -0.39 is 7.60 Å². The van der Waals surface area contributed by atoms with Crippen molar-refractivity contribution < 1.29 is 19.1 Å². The van der Waals surface area contributed by atoms with E-state index in [1.54, 1.807) is 24.3 Å². The van der Waals surface area contributed by atoms with Crippen LogP contribution in [0, 0.1) is 5.92 Å². The largest absolute Gasteiger partial charge is 0.329 e. The summed E-state index contributed by atoms with van der Waals surface area (Å²) >= 11 is 0. The molecule has 0 saturated carbocycles. The van der Waals surface area contributed by atoms with E-state index in [1.807, 2.05) is 38.1 Å². The Bertz CT molecular complexity index is 696. The lowest BCUT2D eigenvalue weighted by molar-refractivity contribution is 0.0939. The van der Waals surface area contributed by atoms with Crippen LogP contribution in [0.2, 0.25) is 0 Å². The summed E-state index contributed by atoms with van der Waals surface area (Å²) < 4.78 is 11.0.